The summed E-state index contributed by atoms with van der Waals surface area (Å²) in [5.41, 5.74) is 3.03. The number of pyridine rings is 1. The molecule has 0 spiro atoms. The summed E-state index contributed by atoms with van der Waals surface area (Å²) in [5.74, 6) is 0. The van der Waals surface area contributed by atoms with Crippen LogP contribution in [0.15, 0.2) is 64.0 Å². The Morgan fingerprint density at radius 1 is 0.944 bits per heavy atom. The van der Waals surface area contributed by atoms with Crippen molar-refractivity contribution in [1.29, 1.82) is 0 Å². The molecule has 3 aromatic rings. The highest BCUT2D eigenvalue weighted by Gasteiger charge is 2.07. The Kier molecular flexibility index (Phi) is 2.76. The van der Waals surface area contributed by atoms with Crippen molar-refractivity contribution < 1.29 is 0 Å². The maximum Gasteiger partial charge on any atom is 0.203 e. The van der Waals surface area contributed by atoms with E-state index in [9.17, 15) is 4.79 Å². The van der Waals surface area contributed by atoms with Crippen molar-refractivity contribution in [2.24, 2.45) is 0 Å². The van der Waals surface area contributed by atoms with Crippen molar-refractivity contribution in [2.45, 2.75) is 0 Å². The first kappa shape index (κ1) is 11.2. The molecule has 0 aliphatic rings. The van der Waals surface area contributed by atoms with Crippen LogP contribution < -0.4 is 5.43 Å². The molecule has 2 aromatic carbocycles. The maximum absolute atomic E-state index is 12.0. The second-order valence-corrected chi connectivity index (χ2v) is 4.91. The number of aromatic nitrogens is 1. The zero-order valence-corrected chi connectivity index (χ0v) is 11.1. The molecule has 0 radical (unpaired) electrons. The molecular weight excluding hydrogens is 290 g/mol. The van der Waals surface area contributed by atoms with Gasteiger partial charge in [-0.3, -0.25) is 4.79 Å². The summed E-state index contributed by atoms with van der Waals surface area (Å²) in [5, 5.41) is 0.700. The lowest BCUT2D eigenvalue weighted by Gasteiger charge is -2.06. The molecule has 1 N–H and O–H groups in total. The first-order chi connectivity index (χ1) is 8.77. The van der Waals surface area contributed by atoms with Crippen LogP contribution >= 0.6 is 15.9 Å². The van der Waals surface area contributed by atoms with Crippen LogP contribution in [0.3, 0.4) is 0 Å². The topological polar surface area (TPSA) is 32.9 Å². The van der Waals surface area contributed by atoms with Crippen molar-refractivity contribution in [1.82, 2.24) is 4.98 Å². The Balaban J connectivity index is 2.39. The van der Waals surface area contributed by atoms with Crippen LogP contribution in [0, 0.1) is 0 Å². The van der Waals surface area contributed by atoms with E-state index in [2.05, 4.69) is 20.9 Å². The highest BCUT2D eigenvalue weighted by atomic mass is 79.9. The van der Waals surface area contributed by atoms with Crippen LogP contribution in [0.25, 0.3) is 22.0 Å². The van der Waals surface area contributed by atoms with Gasteiger partial charge >= 0.3 is 0 Å². The van der Waals surface area contributed by atoms with Gasteiger partial charge in [0.15, 0.2) is 0 Å². The molecule has 2 nitrogen and oxygen atoms in total. The van der Waals surface area contributed by atoms with Gasteiger partial charge in [-0.25, -0.2) is 0 Å². The van der Waals surface area contributed by atoms with Crippen molar-refractivity contribution in [3.8, 4) is 11.1 Å². The Labute approximate surface area is 112 Å². The predicted molar refractivity (Wildman–Crippen MR) is 77.7 cm³/mol. The van der Waals surface area contributed by atoms with Gasteiger partial charge in [0.2, 0.25) is 5.43 Å². The maximum atomic E-state index is 12.0. The van der Waals surface area contributed by atoms with Gasteiger partial charge in [0.05, 0.1) is 9.99 Å². The standard InChI is InChI=1S/C15H10BrNO/c16-13-9-17-14-11(10-5-2-1-3-6-10)7-4-8-12(14)15(13)18/h1-9H,(H,17,18). The Morgan fingerprint density at radius 3 is 2.50 bits per heavy atom. The van der Waals surface area contributed by atoms with Gasteiger partial charge in [0.1, 0.15) is 0 Å². The molecule has 0 amide bonds. The Hall–Kier alpha value is -1.87. The lowest BCUT2D eigenvalue weighted by atomic mass is 10.0. The molecule has 1 aromatic heterocycles. The Bertz CT molecular complexity index is 762. The number of aromatic amines is 1. The van der Waals surface area contributed by atoms with Gasteiger partial charge in [-0.2, -0.15) is 0 Å². The Morgan fingerprint density at radius 2 is 1.72 bits per heavy atom. The third-order valence-electron chi connectivity index (χ3n) is 2.95. The lowest BCUT2D eigenvalue weighted by Crippen LogP contribution is -2.03. The number of benzene rings is 2. The molecular formula is C15H10BrNO. The third-order valence-corrected chi connectivity index (χ3v) is 3.54. The number of hydrogen-bond donors (Lipinski definition) is 1. The largest absolute Gasteiger partial charge is 0.359 e. The summed E-state index contributed by atoms with van der Waals surface area (Å²) in [4.78, 5) is 15.2. The summed E-state index contributed by atoms with van der Waals surface area (Å²) in [6, 6.07) is 15.8. The fraction of sp³-hybridized carbons (Fsp3) is 0. The third kappa shape index (κ3) is 1.77. The number of rotatable bonds is 1. The van der Waals surface area contributed by atoms with Crippen molar-refractivity contribution >= 4 is 26.8 Å². The van der Waals surface area contributed by atoms with E-state index in [0.29, 0.717) is 9.86 Å². The minimum atomic E-state index is 0.0153. The minimum absolute atomic E-state index is 0.0153. The van der Waals surface area contributed by atoms with E-state index >= 15 is 0 Å². The van der Waals surface area contributed by atoms with Crippen molar-refractivity contribution in [3.63, 3.8) is 0 Å². The van der Waals surface area contributed by atoms with Gasteiger partial charge in [-0.1, -0.05) is 42.5 Å². The van der Waals surface area contributed by atoms with E-state index in [1.807, 2.05) is 48.5 Å². The van der Waals surface area contributed by atoms with Gasteiger partial charge < -0.3 is 4.98 Å². The van der Waals surface area contributed by atoms with Gasteiger partial charge in [-0.05, 0) is 27.6 Å². The van der Waals surface area contributed by atoms with E-state index in [1.54, 1.807) is 6.20 Å². The molecule has 0 aliphatic carbocycles. The van der Waals surface area contributed by atoms with Crippen LogP contribution in [-0.4, -0.2) is 4.98 Å². The fourth-order valence-corrected chi connectivity index (χ4v) is 2.41. The zero-order chi connectivity index (χ0) is 12.5. The molecule has 0 unspecified atom stereocenters. The highest BCUT2D eigenvalue weighted by molar-refractivity contribution is 9.10. The van der Waals surface area contributed by atoms with Crippen molar-refractivity contribution in [2.75, 3.05) is 0 Å². The quantitative estimate of drug-likeness (QED) is 0.725. The summed E-state index contributed by atoms with van der Waals surface area (Å²) in [6.07, 6.45) is 1.69. The highest BCUT2D eigenvalue weighted by Crippen LogP contribution is 2.26. The number of nitrogens with one attached hydrogen (secondary N) is 1. The molecule has 0 atom stereocenters. The molecule has 0 aliphatic heterocycles. The van der Waals surface area contributed by atoms with Crippen LogP contribution in [-0.2, 0) is 0 Å². The van der Waals surface area contributed by atoms with E-state index < -0.39 is 0 Å². The van der Waals surface area contributed by atoms with Crippen LogP contribution in [0.5, 0.6) is 0 Å². The first-order valence-corrected chi connectivity index (χ1v) is 6.42. The average Bonchev–Trinajstić information content (AvgIpc) is 2.43. The zero-order valence-electron chi connectivity index (χ0n) is 9.48. The molecule has 0 bridgehead atoms. The molecule has 1 heterocycles. The van der Waals surface area contributed by atoms with Gasteiger partial charge in [0, 0.05) is 17.1 Å². The number of H-pyrrole nitrogens is 1. The van der Waals surface area contributed by atoms with Gasteiger partial charge in [0.25, 0.3) is 0 Å². The smallest absolute Gasteiger partial charge is 0.203 e. The fourth-order valence-electron chi connectivity index (χ4n) is 2.09. The molecule has 88 valence electrons. The monoisotopic (exact) mass is 299 g/mol. The van der Waals surface area contributed by atoms with E-state index in [-0.39, 0.29) is 5.43 Å². The second kappa shape index (κ2) is 4.42. The predicted octanol–water partition coefficient (Wildman–Crippen LogP) is 3.96. The summed E-state index contributed by atoms with van der Waals surface area (Å²) in [6.45, 7) is 0. The summed E-state index contributed by atoms with van der Waals surface area (Å²) < 4.78 is 0.556. The summed E-state index contributed by atoms with van der Waals surface area (Å²) >= 11 is 3.25. The average molecular weight is 300 g/mol. The van der Waals surface area contributed by atoms with E-state index in [0.717, 1.165) is 16.6 Å². The van der Waals surface area contributed by atoms with Crippen LogP contribution in [0.2, 0.25) is 0 Å². The summed E-state index contributed by atoms with van der Waals surface area (Å²) in [7, 11) is 0. The molecule has 0 fully saturated rings. The van der Waals surface area contributed by atoms with E-state index in [1.165, 1.54) is 0 Å². The number of halogens is 1. The molecule has 0 saturated heterocycles. The minimum Gasteiger partial charge on any atom is -0.359 e. The number of hydrogen-bond acceptors (Lipinski definition) is 1. The second-order valence-electron chi connectivity index (χ2n) is 4.06. The number of para-hydroxylation sites is 1. The number of fused-ring (bicyclic) bond motifs is 1. The normalized spacial score (nSPS) is 10.7. The van der Waals surface area contributed by atoms with Crippen molar-refractivity contribution in [3.05, 3.63) is 69.4 Å². The van der Waals surface area contributed by atoms with Crippen LogP contribution in [0.1, 0.15) is 0 Å². The molecule has 3 rings (SSSR count). The molecule has 0 saturated carbocycles. The van der Waals surface area contributed by atoms with Gasteiger partial charge in [-0.15, -0.1) is 0 Å². The molecule has 3 heteroatoms. The first-order valence-electron chi connectivity index (χ1n) is 5.63. The van der Waals surface area contributed by atoms with E-state index in [4.69, 9.17) is 0 Å². The molecule has 18 heavy (non-hydrogen) atoms. The van der Waals surface area contributed by atoms with Crippen LogP contribution in [0.4, 0.5) is 0 Å². The lowest BCUT2D eigenvalue weighted by molar-refractivity contribution is 1.36. The SMILES string of the molecule is O=c1c(Br)c[nH]c2c(-c3ccccc3)cccc12.